The second kappa shape index (κ2) is 7.62. The molecule has 9 heteroatoms. The number of hydrogen-bond acceptors (Lipinski definition) is 4. The molecule has 1 aliphatic heterocycles. The molecule has 2 N–H and O–H groups in total. The molecule has 1 atom stereocenters. The zero-order chi connectivity index (χ0) is 20.7. The average molecular weight is 406 g/mol. The van der Waals surface area contributed by atoms with Crippen LogP contribution in [0.3, 0.4) is 0 Å². The van der Waals surface area contributed by atoms with Gasteiger partial charge in [0.05, 0.1) is 6.54 Å². The van der Waals surface area contributed by atoms with E-state index in [1.807, 2.05) is 4.57 Å². The topological polar surface area (TPSA) is 81.2 Å². The van der Waals surface area contributed by atoms with Crippen LogP contribution in [0.15, 0.2) is 18.3 Å². The number of aromatic nitrogens is 2. The third-order valence-electron chi connectivity index (χ3n) is 5.36. The minimum Gasteiger partial charge on any atom is -0.333 e. The number of hydrogen-bond donors (Lipinski definition) is 1. The Morgan fingerprint density at radius 2 is 1.86 bits per heavy atom. The van der Waals surface area contributed by atoms with Crippen molar-refractivity contribution in [3.63, 3.8) is 0 Å². The van der Waals surface area contributed by atoms with Crippen molar-refractivity contribution in [1.82, 2.24) is 14.5 Å². The first-order valence-corrected chi connectivity index (χ1v) is 9.59. The van der Waals surface area contributed by atoms with Gasteiger partial charge < -0.3 is 15.2 Å². The zero-order valence-corrected chi connectivity index (χ0v) is 15.7. The Bertz CT molecular complexity index is 971. The van der Waals surface area contributed by atoms with E-state index in [4.69, 9.17) is 5.73 Å². The zero-order valence-electron chi connectivity index (χ0n) is 15.7. The number of nitrogens with zero attached hydrogens (tertiary/aromatic N) is 3. The maximum atomic E-state index is 13.8. The standard InChI is InChI=1S/C20H21F3N4O2/c21-14-8-16(23)15(22)6-12(14)5-13(24)7-19(28)27-4-3-26-9-17(25-18(26)10-27)20(29)11-1-2-11/h6,8-9,11,13H,1-5,7,10,24H2/t13-/m1/s1. The van der Waals surface area contributed by atoms with E-state index in [9.17, 15) is 22.8 Å². The molecule has 0 radical (unpaired) electrons. The summed E-state index contributed by atoms with van der Waals surface area (Å²) in [4.78, 5) is 30.7. The molecule has 4 rings (SSSR count). The predicted octanol–water partition coefficient (Wildman–Crippen LogP) is 2.20. The van der Waals surface area contributed by atoms with E-state index in [1.165, 1.54) is 0 Å². The van der Waals surface area contributed by atoms with Gasteiger partial charge in [-0.1, -0.05) is 0 Å². The third-order valence-corrected chi connectivity index (χ3v) is 5.36. The Labute approximate surface area is 165 Å². The van der Waals surface area contributed by atoms with Crippen molar-refractivity contribution < 1.29 is 22.8 Å². The number of nitrogens with two attached hydrogens (primary N) is 1. The van der Waals surface area contributed by atoms with Crippen molar-refractivity contribution in [3.8, 4) is 0 Å². The molecule has 0 spiro atoms. The molecular weight excluding hydrogens is 385 g/mol. The minimum absolute atomic E-state index is 0.0559. The monoisotopic (exact) mass is 406 g/mol. The molecule has 1 aromatic heterocycles. The fourth-order valence-electron chi connectivity index (χ4n) is 3.57. The lowest BCUT2D eigenvalue weighted by Crippen LogP contribution is -2.41. The van der Waals surface area contributed by atoms with Crippen LogP contribution in [-0.2, 0) is 24.3 Å². The maximum Gasteiger partial charge on any atom is 0.224 e. The van der Waals surface area contributed by atoms with Crippen LogP contribution in [0.4, 0.5) is 13.2 Å². The molecule has 29 heavy (non-hydrogen) atoms. The number of ketones is 1. The van der Waals surface area contributed by atoms with Gasteiger partial charge in [-0.15, -0.1) is 0 Å². The van der Waals surface area contributed by atoms with Gasteiger partial charge in [0.25, 0.3) is 0 Å². The van der Waals surface area contributed by atoms with Gasteiger partial charge in [0.15, 0.2) is 17.4 Å². The van der Waals surface area contributed by atoms with Gasteiger partial charge in [-0.05, 0) is 30.9 Å². The molecule has 2 aromatic rings. The highest BCUT2D eigenvalue weighted by Gasteiger charge is 2.33. The Morgan fingerprint density at radius 1 is 1.14 bits per heavy atom. The summed E-state index contributed by atoms with van der Waals surface area (Å²) in [6.45, 7) is 1.24. The van der Waals surface area contributed by atoms with E-state index in [0.717, 1.165) is 18.9 Å². The number of fused-ring (bicyclic) bond motifs is 1. The number of Topliss-reactive ketones (excluding diaryl/α,β-unsaturated/α-hetero) is 1. The van der Waals surface area contributed by atoms with E-state index < -0.39 is 23.5 Å². The summed E-state index contributed by atoms with van der Waals surface area (Å²) in [5, 5.41) is 0. The van der Waals surface area contributed by atoms with E-state index in [0.29, 0.717) is 30.7 Å². The number of rotatable bonds is 6. The van der Waals surface area contributed by atoms with Gasteiger partial charge >= 0.3 is 0 Å². The number of carbonyl (C=O) groups excluding carboxylic acids is 2. The van der Waals surface area contributed by atoms with Crippen molar-refractivity contribution in [2.45, 2.75) is 44.8 Å². The summed E-state index contributed by atoms with van der Waals surface area (Å²) in [5.41, 5.74) is 6.33. The summed E-state index contributed by atoms with van der Waals surface area (Å²) in [6, 6.07) is 0.505. The molecule has 2 heterocycles. The Morgan fingerprint density at radius 3 is 2.59 bits per heavy atom. The molecule has 1 aromatic carbocycles. The highest BCUT2D eigenvalue weighted by atomic mass is 19.2. The second-order valence-corrected chi connectivity index (χ2v) is 7.72. The lowest BCUT2D eigenvalue weighted by atomic mass is 10.0. The maximum absolute atomic E-state index is 13.8. The Balaban J connectivity index is 1.37. The molecule has 0 unspecified atom stereocenters. The van der Waals surface area contributed by atoms with Gasteiger partial charge in [0, 0.05) is 43.7 Å². The SMILES string of the molecule is N[C@@H](CC(=O)N1CCn2cc(C(=O)C3CC3)nc2C1)Cc1cc(F)c(F)cc1F. The van der Waals surface area contributed by atoms with E-state index >= 15 is 0 Å². The van der Waals surface area contributed by atoms with E-state index in [1.54, 1.807) is 11.1 Å². The molecule has 1 amide bonds. The molecule has 154 valence electrons. The molecule has 2 aliphatic rings. The third kappa shape index (κ3) is 4.19. The fourth-order valence-corrected chi connectivity index (χ4v) is 3.57. The largest absolute Gasteiger partial charge is 0.333 e. The van der Waals surface area contributed by atoms with Crippen LogP contribution in [0.1, 0.15) is 41.1 Å². The van der Waals surface area contributed by atoms with Crippen molar-refractivity contribution in [3.05, 3.63) is 52.9 Å². The summed E-state index contributed by atoms with van der Waals surface area (Å²) in [7, 11) is 0. The highest BCUT2D eigenvalue weighted by Crippen LogP contribution is 2.32. The van der Waals surface area contributed by atoms with Crippen molar-refractivity contribution in [2.75, 3.05) is 6.54 Å². The molecule has 1 fully saturated rings. The number of benzene rings is 1. The minimum atomic E-state index is -1.26. The van der Waals surface area contributed by atoms with Crippen LogP contribution in [-0.4, -0.2) is 38.7 Å². The molecule has 0 bridgehead atoms. The summed E-state index contributed by atoms with van der Waals surface area (Å²) in [5.74, 6) is -2.75. The van der Waals surface area contributed by atoms with E-state index in [2.05, 4.69) is 4.98 Å². The number of halogens is 3. The Kier molecular flexibility index (Phi) is 5.16. The molecule has 6 nitrogen and oxygen atoms in total. The van der Waals surface area contributed by atoms with Crippen LogP contribution in [0.25, 0.3) is 0 Å². The van der Waals surface area contributed by atoms with Crippen LogP contribution in [0, 0.1) is 23.4 Å². The van der Waals surface area contributed by atoms with Gasteiger partial charge in [-0.25, -0.2) is 18.2 Å². The first-order valence-electron chi connectivity index (χ1n) is 9.59. The van der Waals surface area contributed by atoms with Gasteiger partial charge in [-0.3, -0.25) is 9.59 Å². The number of imidazole rings is 1. The highest BCUT2D eigenvalue weighted by molar-refractivity contribution is 5.97. The van der Waals surface area contributed by atoms with Crippen molar-refractivity contribution in [1.29, 1.82) is 0 Å². The smallest absolute Gasteiger partial charge is 0.224 e. The number of carbonyl (C=O) groups is 2. The first kappa shape index (κ1) is 19.6. The van der Waals surface area contributed by atoms with Crippen LogP contribution >= 0.6 is 0 Å². The van der Waals surface area contributed by atoms with Crippen LogP contribution in [0.5, 0.6) is 0 Å². The lowest BCUT2D eigenvalue weighted by molar-refractivity contribution is -0.133. The van der Waals surface area contributed by atoms with Gasteiger partial charge in [-0.2, -0.15) is 0 Å². The molecule has 1 aliphatic carbocycles. The van der Waals surface area contributed by atoms with E-state index in [-0.39, 0.29) is 42.6 Å². The second-order valence-electron chi connectivity index (χ2n) is 7.72. The van der Waals surface area contributed by atoms with Crippen LogP contribution in [0.2, 0.25) is 0 Å². The number of amides is 1. The molecule has 1 saturated carbocycles. The lowest BCUT2D eigenvalue weighted by Gasteiger charge is -2.28. The van der Waals surface area contributed by atoms with Crippen molar-refractivity contribution in [2.24, 2.45) is 11.7 Å². The molecular formula is C20H21F3N4O2. The van der Waals surface area contributed by atoms with Gasteiger partial charge in [0.2, 0.25) is 5.91 Å². The van der Waals surface area contributed by atoms with Gasteiger partial charge in [0.1, 0.15) is 17.3 Å². The quantitative estimate of drug-likeness (QED) is 0.589. The summed E-state index contributed by atoms with van der Waals surface area (Å²) in [6.07, 6.45) is 3.41. The van der Waals surface area contributed by atoms with Crippen LogP contribution < -0.4 is 5.73 Å². The van der Waals surface area contributed by atoms with Crippen molar-refractivity contribution >= 4 is 11.7 Å². The summed E-state index contributed by atoms with van der Waals surface area (Å²) < 4.78 is 42.0. The fraction of sp³-hybridized carbons (Fsp3) is 0.450. The average Bonchev–Trinajstić information content (AvgIpc) is 3.43. The Hall–Kier alpha value is -2.68. The predicted molar refractivity (Wildman–Crippen MR) is 97.3 cm³/mol. The first-order chi connectivity index (χ1) is 13.8. The molecule has 0 saturated heterocycles. The normalized spacial score (nSPS) is 17.2. The summed E-state index contributed by atoms with van der Waals surface area (Å²) >= 11 is 0.